The van der Waals surface area contributed by atoms with Crippen molar-refractivity contribution in [1.29, 1.82) is 0 Å². The van der Waals surface area contributed by atoms with E-state index >= 15 is 0 Å². The van der Waals surface area contributed by atoms with Crippen LogP contribution in [0.15, 0.2) is 18.3 Å². The van der Waals surface area contributed by atoms with E-state index < -0.39 is 0 Å². The highest BCUT2D eigenvalue weighted by molar-refractivity contribution is 8.07. The molecule has 13 heavy (non-hydrogen) atoms. The lowest BCUT2D eigenvalue weighted by molar-refractivity contribution is 1.44. The first kappa shape index (κ1) is 7.59. The van der Waals surface area contributed by atoms with Crippen LogP contribution in [0.4, 0.5) is 0 Å². The van der Waals surface area contributed by atoms with Crippen molar-refractivity contribution < 1.29 is 0 Å². The zero-order valence-electron chi connectivity index (χ0n) is 6.86. The van der Waals surface area contributed by atoms with Gasteiger partial charge in [0.05, 0.1) is 0 Å². The summed E-state index contributed by atoms with van der Waals surface area (Å²) >= 11 is 3.64. The van der Waals surface area contributed by atoms with Crippen LogP contribution in [0.2, 0.25) is 0 Å². The smallest absolute Gasteiger partial charge is 0.124 e. The van der Waals surface area contributed by atoms with Crippen LogP contribution in [0, 0.1) is 0 Å². The number of pyridine rings is 1. The summed E-state index contributed by atoms with van der Waals surface area (Å²) in [6.45, 7) is 0. The molecule has 3 rings (SSSR count). The highest BCUT2D eigenvalue weighted by Gasteiger charge is 2.02. The highest BCUT2D eigenvalue weighted by Crippen LogP contribution is 2.13. The molecule has 0 fully saturated rings. The van der Waals surface area contributed by atoms with Gasteiger partial charge in [0.25, 0.3) is 0 Å². The van der Waals surface area contributed by atoms with E-state index in [0.29, 0.717) is 0 Å². The summed E-state index contributed by atoms with van der Waals surface area (Å²) in [6, 6.07) is 4.16. The largest absolute Gasteiger partial charge is 0.245 e. The summed E-state index contributed by atoms with van der Waals surface area (Å²) in [7, 11) is 0. The standard InChI is InChI=1S/C10H7NS2/c1-2-8-7-3-5-12-6-9(7)13-10(8)11-4-1/h1-4,6H,5H2. The average Bonchev–Trinajstić information content (AvgIpc) is 2.56. The Balaban J connectivity index is 2.63. The van der Waals surface area contributed by atoms with Crippen molar-refractivity contribution >= 4 is 44.8 Å². The lowest BCUT2D eigenvalue weighted by atomic mass is 10.3. The van der Waals surface area contributed by atoms with Gasteiger partial charge in [0.2, 0.25) is 0 Å². The van der Waals surface area contributed by atoms with Crippen LogP contribution in [0.25, 0.3) is 21.7 Å². The van der Waals surface area contributed by atoms with E-state index in [1.165, 1.54) is 15.1 Å². The summed E-state index contributed by atoms with van der Waals surface area (Å²) in [5, 5.41) is 4.92. The van der Waals surface area contributed by atoms with Gasteiger partial charge >= 0.3 is 0 Å². The van der Waals surface area contributed by atoms with Gasteiger partial charge in [0, 0.05) is 21.9 Å². The van der Waals surface area contributed by atoms with Crippen molar-refractivity contribution in [2.75, 3.05) is 5.75 Å². The third-order valence-electron chi connectivity index (χ3n) is 2.11. The highest BCUT2D eigenvalue weighted by atomic mass is 32.2. The van der Waals surface area contributed by atoms with Gasteiger partial charge < -0.3 is 0 Å². The topological polar surface area (TPSA) is 12.9 Å². The molecule has 1 aliphatic heterocycles. The Morgan fingerprint density at radius 1 is 1.38 bits per heavy atom. The Bertz CT molecular complexity index is 568. The molecule has 1 aliphatic rings. The molecule has 3 heterocycles. The van der Waals surface area contributed by atoms with Crippen LogP contribution in [0.3, 0.4) is 0 Å². The number of hydrogen-bond donors (Lipinski definition) is 0. The molecule has 0 radical (unpaired) electrons. The van der Waals surface area contributed by atoms with Gasteiger partial charge in [0.15, 0.2) is 0 Å². The minimum atomic E-state index is 1.09. The number of fused-ring (bicyclic) bond motifs is 3. The maximum absolute atomic E-state index is 4.36. The summed E-state index contributed by atoms with van der Waals surface area (Å²) in [5.41, 5.74) is 0. The second kappa shape index (κ2) is 2.86. The van der Waals surface area contributed by atoms with E-state index in [4.69, 9.17) is 0 Å². The van der Waals surface area contributed by atoms with Crippen molar-refractivity contribution in [3.63, 3.8) is 0 Å². The van der Waals surface area contributed by atoms with Crippen LogP contribution < -0.4 is 9.75 Å². The van der Waals surface area contributed by atoms with Gasteiger partial charge in [-0.05, 0) is 22.8 Å². The van der Waals surface area contributed by atoms with Gasteiger partial charge in [-0.25, -0.2) is 4.98 Å². The summed E-state index contributed by atoms with van der Waals surface area (Å²) in [4.78, 5) is 5.51. The normalized spacial score (nSPS) is 14.8. The molecule has 2 aromatic heterocycles. The molecule has 3 heteroatoms. The van der Waals surface area contributed by atoms with E-state index in [-0.39, 0.29) is 0 Å². The molecule has 0 saturated heterocycles. The van der Waals surface area contributed by atoms with Gasteiger partial charge in [-0.3, -0.25) is 0 Å². The number of rotatable bonds is 0. The quantitative estimate of drug-likeness (QED) is 0.647. The van der Waals surface area contributed by atoms with Crippen LogP contribution in [0.1, 0.15) is 0 Å². The molecule has 1 nitrogen and oxygen atoms in total. The fraction of sp³-hybridized carbons (Fsp3) is 0.100. The molecule has 0 bridgehead atoms. The van der Waals surface area contributed by atoms with Gasteiger partial charge in [0.1, 0.15) is 4.83 Å². The first-order valence-electron chi connectivity index (χ1n) is 4.11. The van der Waals surface area contributed by atoms with E-state index in [1.807, 2.05) is 24.0 Å². The summed E-state index contributed by atoms with van der Waals surface area (Å²) in [5.74, 6) is 1.09. The fourth-order valence-electron chi connectivity index (χ4n) is 1.52. The SMILES string of the molecule is C1=c2sc3ncccc3c2=CCS1. The lowest BCUT2D eigenvalue weighted by Gasteiger charge is -1.92. The van der Waals surface area contributed by atoms with Crippen molar-refractivity contribution in [3.8, 4) is 0 Å². The minimum Gasteiger partial charge on any atom is -0.245 e. The third-order valence-corrected chi connectivity index (χ3v) is 4.09. The molecule has 0 N–H and O–H groups in total. The average molecular weight is 205 g/mol. The predicted octanol–water partition coefficient (Wildman–Crippen LogP) is 1.56. The maximum atomic E-state index is 4.36. The molecule has 0 amide bonds. The predicted molar refractivity (Wildman–Crippen MR) is 60.3 cm³/mol. The van der Waals surface area contributed by atoms with Gasteiger partial charge in [-0.2, -0.15) is 0 Å². The molecular formula is C10H7NS2. The third kappa shape index (κ3) is 1.11. The van der Waals surface area contributed by atoms with E-state index in [0.717, 1.165) is 10.6 Å². The minimum absolute atomic E-state index is 1.09. The summed E-state index contributed by atoms with van der Waals surface area (Å²) < 4.78 is 1.37. The van der Waals surface area contributed by atoms with Crippen LogP contribution in [-0.4, -0.2) is 10.7 Å². The zero-order chi connectivity index (χ0) is 8.67. The van der Waals surface area contributed by atoms with Gasteiger partial charge in [-0.1, -0.05) is 6.08 Å². The first-order valence-corrected chi connectivity index (χ1v) is 5.97. The molecule has 2 aromatic rings. The molecule has 0 atom stereocenters. The van der Waals surface area contributed by atoms with Crippen molar-refractivity contribution in [2.24, 2.45) is 0 Å². The molecule has 0 aromatic carbocycles. The zero-order valence-corrected chi connectivity index (χ0v) is 8.49. The molecular weight excluding hydrogens is 198 g/mol. The second-order valence-electron chi connectivity index (χ2n) is 2.89. The van der Waals surface area contributed by atoms with E-state index in [2.05, 4.69) is 22.5 Å². The molecule has 64 valence electrons. The Morgan fingerprint density at radius 3 is 3.38 bits per heavy atom. The number of nitrogens with zero attached hydrogens (tertiary/aromatic N) is 1. The second-order valence-corrected chi connectivity index (χ2v) is 4.82. The maximum Gasteiger partial charge on any atom is 0.124 e. The Hall–Kier alpha value is -0.800. The van der Waals surface area contributed by atoms with Crippen molar-refractivity contribution in [1.82, 2.24) is 4.98 Å². The lowest BCUT2D eigenvalue weighted by Crippen LogP contribution is -2.20. The van der Waals surface area contributed by atoms with E-state index in [9.17, 15) is 0 Å². The van der Waals surface area contributed by atoms with Crippen LogP contribution in [-0.2, 0) is 0 Å². The summed E-state index contributed by atoms with van der Waals surface area (Å²) in [6.07, 6.45) is 4.15. The first-order chi connectivity index (χ1) is 6.45. The molecule has 0 unspecified atom stereocenters. The van der Waals surface area contributed by atoms with Crippen LogP contribution in [0.5, 0.6) is 0 Å². The monoisotopic (exact) mass is 205 g/mol. The molecule has 0 aliphatic carbocycles. The van der Waals surface area contributed by atoms with Crippen LogP contribution >= 0.6 is 23.1 Å². The Kier molecular flexibility index (Phi) is 1.67. The Labute approximate surface area is 83.8 Å². The number of hydrogen-bond acceptors (Lipinski definition) is 3. The molecule has 0 saturated carbocycles. The van der Waals surface area contributed by atoms with Gasteiger partial charge in [-0.15, -0.1) is 23.1 Å². The van der Waals surface area contributed by atoms with Crippen molar-refractivity contribution in [2.45, 2.75) is 0 Å². The number of thiophene rings is 1. The number of aromatic nitrogens is 1. The molecule has 0 spiro atoms. The van der Waals surface area contributed by atoms with Crippen molar-refractivity contribution in [3.05, 3.63) is 28.1 Å². The van der Waals surface area contributed by atoms with E-state index in [1.54, 1.807) is 11.3 Å². The fourth-order valence-corrected chi connectivity index (χ4v) is 3.47. The Morgan fingerprint density at radius 2 is 2.38 bits per heavy atom. The number of thioether (sulfide) groups is 1.